The first-order chi connectivity index (χ1) is 9.40. The van der Waals surface area contributed by atoms with Gasteiger partial charge in [0.1, 0.15) is 0 Å². The molecule has 0 amide bonds. The maximum Gasteiger partial charge on any atom is 0.0948 e. The van der Waals surface area contributed by atoms with Crippen LogP contribution in [-0.4, -0.2) is 53.8 Å². The molecule has 5 heteroatoms. The number of aromatic nitrogens is 2. The predicted octanol–water partition coefficient (Wildman–Crippen LogP) is 1.11. The number of imidazole rings is 1. The van der Waals surface area contributed by atoms with Crippen LogP contribution in [0, 0.1) is 0 Å². The minimum absolute atomic E-state index is 0.886. The largest absolute Gasteiger partial charge is 0.379 e. The number of aryl methyl sites for hydroxylation is 1. The van der Waals surface area contributed by atoms with Gasteiger partial charge < -0.3 is 14.6 Å². The highest BCUT2D eigenvalue weighted by molar-refractivity contribution is 4.97. The molecule has 1 saturated heterocycles. The molecule has 5 nitrogen and oxygen atoms in total. The molecule has 1 fully saturated rings. The van der Waals surface area contributed by atoms with Crippen molar-refractivity contribution in [3.8, 4) is 0 Å². The normalized spacial score (nSPS) is 16.9. The monoisotopic (exact) mass is 266 g/mol. The lowest BCUT2D eigenvalue weighted by Gasteiger charge is -2.26. The molecule has 0 aromatic carbocycles. The summed E-state index contributed by atoms with van der Waals surface area (Å²) in [6.07, 6.45) is 6.27. The third-order valence-corrected chi connectivity index (χ3v) is 3.51. The molecule has 0 unspecified atom stereocenters. The average Bonchev–Trinajstić information content (AvgIpc) is 2.88. The van der Waals surface area contributed by atoms with E-state index in [0.29, 0.717) is 0 Å². The van der Waals surface area contributed by atoms with Crippen LogP contribution >= 0.6 is 0 Å². The van der Waals surface area contributed by atoms with Crippen LogP contribution in [0.4, 0.5) is 0 Å². The van der Waals surface area contributed by atoms with Gasteiger partial charge in [-0.05, 0) is 19.4 Å². The zero-order valence-electron chi connectivity index (χ0n) is 12.0. The van der Waals surface area contributed by atoms with Crippen LogP contribution in [0.2, 0.25) is 0 Å². The van der Waals surface area contributed by atoms with E-state index in [0.717, 1.165) is 52.5 Å². The molecule has 0 saturated carbocycles. The summed E-state index contributed by atoms with van der Waals surface area (Å²) in [5.74, 6) is 0. The molecule has 1 aliphatic rings. The zero-order chi connectivity index (χ0) is 13.3. The maximum absolute atomic E-state index is 5.36. The summed E-state index contributed by atoms with van der Waals surface area (Å²) in [5.41, 5.74) is 1.29. The fourth-order valence-electron chi connectivity index (χ4n) is 2.38. The van der Waals surface area contributed by atoms with Gasteiger partial charge in [0.05, 0.1) is 25.2 Å². The van der Waals surface area contributed by atoms with Gasteiger partial charge in [0.25, 0.3) is 0 Å². The van der Waals surface area contributed by atoms with Crippen LogP contribution < -0.4 is 5.32 Å². The van der Waals surface area contributed by atoms with Gasteiger partial charge in [-0.2, -0.15) is 0 Å². The molecule has 0 atom stereocenters. The highest BCUT2D eigenvalue weighted by Crippen LogP contribution is 2.03. The third-order valence-electron chi connectivity index (χ3n) is 3.51. The van der Waals surface area contributed by atoms with Gasteiger partial charge in [0, 0.05) is 38.9 Å². The number of nitrogens with one attached hydrogen (secondary N) is 1. The minimum atomic E-state index is 0.886. The predicted molar refractivity (Wildman–Crippen MR) is 76.1 cm³/mol. The van der Waals surface area contributed by atoms with Crippen molar-refractivity contribution >= 4 is 0 Å². The van der Waals surface area contributed by atoms with Gasteiger partial charge in [0.15, 0.2) is 0 Å². The van der Waals surface area contributed by atoms with E-state index in [-0.39, 0.29) is 0 Å². The quantitative estimate of drug-likeness (QED) is 0.716. The number of ether oxygens (including phenoxy) is 1. The summed E-state index contributed by atoms with van der Waals surface area (Å²) in [4.78, 5) is 6.74. The fourth-order valence-corrected chi connectivity index (χ4v) is 2.38. The van der Waals surface area contributed by atoms with Gasteiger partial charge in [-0.1, -0.05) is 6.92 Å². The van der Waals surface area contributed by atoms with Gasteiger partial charge in [0.2, 0.25) is 0 Å². The Bertz CT molecular complexity index is 347. The Hall–Kier alpha value is -0.910. The zero-order valence-corrected chi connectivity index (χ0v) is 12.0. The van der Waals surface area contributed by atoms with Gasteiger partial charge in [-0.3, -0.25) is 4.90 Å². The number of morpholine rings is 1. The second kappa shape index (κ2) is 8.30. The molecule has 1 aromatic rings. The lowest BCUT2D eigenvalue weighted by Crippen LogP contribution is -2.37. The number of hydrogen-bond acceptors (Lipinski definition) is 4. The van der Waals surface area contributed by atoms with Crippen molar-refractivity contribution in [2.24, 2.45) is 0 Å². The fraction of sp³-hybridized carbons (Fsp3) is 0.786. The SMILES string of the molecule is CCCNCc1cncn1CCCN1CCOCC1. The summed E-state index contributed by atoms with van der Waals surface area (Å²) in [6, 6.07) is 0. The molecular weight excluding hydrogens is 240 g/mol. The van der Waals surface area contributed by atoms with E-state index < -0.39 is 0 Å². The van der Waals surface area contributed by atoms with Crippen LogP contribution in [0.25, 0.3) is 0 Å². The summed E-state index contributed by atoms with van der Waals surface area (Å²) in [5, 5.41) is 3.43. The molecule has 108 valence electrons. The molecule has 1 N–H and O–H groups in total. The molecule has 1 aromatic heterocycles. The Morgan fingerprint density at radius 2 is 2.16 bits per heavy atom. The van der Waals surface area contributed by atoms with Crippen LogP contribution in [0.5, 0.6) is 0 Å². The molecule has 2 heterocycles. The Kier molecular flexibility index (Phi) is 6.33. The summed E-state index contributed by atoms with van der Waals surface area (Å²) in [7, 11) is 0. The van der Waals surface area contributed by atoms with E-state index in [1.807, 2.05) is 12.5 Å². The first kappa shape index (κ1) is 14.5. The van der Waals surface area contributed by atoms with E-state index >= 15 is 0 Å². The van der Waals surface area contributed by atoms with Crippen LogP contribution in [0.1, 0.15) is 25.5 Å². The first-order valence-corrected chi connectivity index (χ1v) is 7.40. The van der Waals surface area contributed by atoms with Crippen LogP contribution in [-0.2, 0) is 17.8 Å². The van der Waals surface area contributed by atoms with Crippen molar-refractivity contribution in [2.75, 3.05) is 39.4 Å². The minimum Gasteiger partial charge on any atom is -0.379 e. The highest BCUT2D eigenvalue weighted by Gasteiger charge is 2.09. The van der Waals surface area contributed by atoms with Crippen molar-refractivity contribution < 1.29 is 4.74 Å². The number of hydrogen-bond donors (Lipinski definition) is 1. The molecular formula is C14H26N4O. The van der Waals surface area contributed by atoms with E-state index in [4.69, 9.17) is 4.74 Å². The topological polar surface area (TPSA) is 42.3 Å². The first-order valence-electron chi connectivity index (χ1n) is 7.40. The van der Waals surface area contributed by atoms with Crippen LogP contribution in [0.3, 0.4) is 0 Å². The standard InChI is InChI=1S/C14H26N4O/c1-2-4-15-11-14-12-16-13-18(14)6-3-5-17-7-9-19-10-8-17/h12-13,15H,2-11H2,1H3. The summed E-state index contributed by atoms with van der Waals surface area (Å²) in [6.45, 7) is 10.3. The molecule has 2 rings (SSSR count). The Morgan fingerprint density at radius 3 is 2.95 bits per heavy atom. The number of nitrogens with zero attached hydrogens (tertiary/aromatic N) is 3. The summed E-state index contributed by atoms with van der Waals surface area (Å²) >= 11 is 0. The average molecular weight is 266 g/mol. The van der Waals surface area contributed by atoms with Crippen molar-refractivity contribution in [1.29, 1.82) is 0 Å². The second-order valence-electron chi connectivity index (χ2n) is 5.06. The van der Waals surface area contributed by atoms with E-state index in [2.05, 4.69) is 26.7 Å². The molecule has 0 radical (unpaired) electrons. The second-order valence-corrected chi connectivity index (χ2v) is 5.06. The lowest BCUT2D eigenvalue weighted by atomic mass is 10.3. The molecule has 19 heavy (non-hydrogen) atoms. The lowest BCUT2D eigenvalue weighted by molar-refractivity contribution is 0.0369. The Balaban J connectivity index is 1.68. The molecule has 0 aliphatic carbocycles. The van der Waals surface area contributed by atoms with Gasteiger partial charge in [-0.25, -0.2) is 4.98 Å². The van der Waals surface area contributed by atoms with E-state index in [9.17, 15) is 0 Å². The van der Waals surface area contributed by atoms with Crippen molar-refractivity contribution in [3.05, 3.63) is 18.2 Å². The van der Waals surface area contributed by atoms with Crippen molar-refractivity contribution in [3.63, 3.8) is 0 Å². The molecule has 1 aliphatic heterocycles. The van der Waals surface area contributed by atoms with E-state index in [1.54, 1.807) is 0 Å². The molecule has 0 bridgehead atoms. The van der Waals surface area contributed by atoms with Crippen molar-refractivity contribution in [2.45, 2.75) is 32.9 Å². The number of rotatable bonds is 8. The van der Waals surface area contributed by atoms with Crippen LogP contribution in [0.15, 0.2) is 12.5 Å². The summed E-state index contributed by atoms with van der Waals surface area (Å²) < 4.78 is 7.63. The Labute approximate surface area is 116 Å². The Morgan fingerprint density at radius 1 is 1.32 bits per heavy atom. The highest BCUT2D eigenvalue weighted by atomic mass is 16.5. The van der Waals surface area contributed by atoms with Gasteiger partial charge >= 0.3 is 0 Å². The smallest absolute Gasteiger partial charge is 0.0948 e. The third kappa shape index (κ3) is 4.93. The van der Waals surface area contributed by atoms with Gasteiger partial charge in [-0.15, -0.1) is 0 Å². The van der Waals surface area contributed by atoms with Crippen molar-refractivity contribution in [1.82, 2.24) is 19.8 Å². The van der Waals surface area contributed by atoms with E-state index in [1.165, 1.54) is 18.5 Å². The molecule has 0 spiro atoms. The maximum atomic E-state index is 5.36.